The van der Waals surface area contributed by atoms with E-state index in [2.05, 4.69) is 5.32 Å². The van der Waals surface area contributed by atoms with E-state index in [1.54, 1.807) is 57.9 Å². The average Bonchev–Trinajstić information content (AvgIpc) is 2.88. The minimum absolute atomic E-state index is 0.226. The molecule has 130 valence electrons. The predicted molar refractivity (Wildman–Crippen MR) is 89.8 cm³/mol. The number of ether oxygens (including phenoxy) is 2. The number of methoxy groups -OCH3 is 2. The summed E-state index contributed by atoms with van der Waals surface area (Å²) in [5.41, 5.74) is 1.11. The van der Waals surface area contributed by atoms with Gasteiger partial charge in [0.15, 0.2) is 0 Å². The highest BCUT2D eigenvalue weighted by Crippen LogP contribution is 2.33. The van der Waals surface area contributed by atoms with Crippen LogP contribution in [0.2, 0.25) is 0 Å². The van der Waals surface area contributed by atoms with E-state index in [1.165, 1.54) is 0 Å². The van der Waals surface area contributed by atoms with Crippen molar-refractivity contribution in [2.24, 2.45) is 13.0 Å². The van der Waals surface area contributed by atoms with Crippen LogP contribution in [-0.2, 0) is 11.8 Å². The minimum Gasteiger partial charge on any atom is -0.497 e. The maximum Gasteiger partial charge on any atom is 0.326 e. The summed E-state index contributed by atoms with van der Waals surface area (Å²) in [6, 6.07) is 4.26. The molecule has 24 heavy (non-hydrogen) atoms. The van der Waals surface area contributed by atoms with Gasteiger partial charge in [0.25, 0.3) is 5.91 Å². The fraction of sp³-hybridized carbons (Fsp3) is 0.412. The van der Waals surface area contributed by atoms with Crippen molar-refractivity contribution in [1.82, 2.24) is 9.88 Å². The van der Waals surface area contributed by atoms with Crippen LogP contribution in [0.4, 0.5) is 0 Å². The molecule has 0 spiro atoms. The van der Waals surface area contributed by atoms with Gasteiger partial charge in [-0.05, 0) is 12.0 Å². The number of carbonyl (C=O) groups excluding carboxylic acids is 1. The number of rotatable bonds is 6. The number of hydrogen-bond acceptors (Lipinski definition) is 4. The molecule has 0 aliphatic carbocycles. The second-order valence-corrected chi connectivity index (χ2v) is 5.88. The lowest BCUT2D eigenvalue weighted by molar-refractivity contribution is -0.140. The zero-order chi connectivity index (χ0) is 18.0. The van der Waals surface area contributed by atoms with E-state index in [-0.39, 0.29) is 5.92 Å². The van der Waals surface area contributed by atoms with Crippen molar-refractivity contribution < 1.29 is 24.2 Å². The third kappa shape index (κ3) is 3.15. The summed E-state index contributed by atoms with van der Waals surface area (Å²) in [7, 11) is 4.83. The third-order valence-electron chi connectivity index (χ3n) is 4.01. The largest absolute Gasteiger partial charge is 0.497 e. The Labute approximate surface area is 140 Å². The van der Waals surface area contributed by atoms with Crippen LogP contribution in [-0.4, -0.2) is 41.8 Å². The SMILES string of the molecule is COc1cc(OC)c2cc(C(=O)N[C@H](C(=O)O)C(C)C)n(C)c2c1. The number of fused-ring (bicyclic) bond motifs is 1. The normalized spacial score (nSPS) is 12.2. The zero-order valence-corrected chi connectivity index (χ0v) is 14.4. The van der Waals surface area contributed by atoms with E-state index in [0.29, 0.717) is 17.2 Å². The Morgan fingerprint density at radius 3 is 2.33 bits per heavy atom. The summed E-state index contributed by atoms with van der Waals surface area (Å²) >= 11 is 0. The second-order valence-electron chi connectivity index (χ2n) is 5.88. The van der Waals surface area contributed by atoms with Gasteiger partial charge in [0, 0.05) is 24.6 Å². The van der Waals surface area contributed by atoms with Gasteiger partial charge >= 0.3 is 5.97 Å². The lowest BCUT2D eigenvalue weighted by Crippen LogP contribution is -2.44. The number of aromatic nitrogens is 1. The van der Waals surface area contributed by atoms with Crippen LogP contribution in [0.1, 0.15) is 24.3 Å². The van der Waals surface area contributed by atoms with Gasteiger partial charge < -0.3 is 24.5 Å². The number of carboxylic acid groups (broad SMARTS) is 1. The quantitative estimate of drug-likeness (QED) is 0.844. The van der Waals surface area contributed by atoms with Crippen LogP contribution < -0.4 is 14.8 Å². The number of benzene rings is 1. The number of carboxylic acids is 1. The number of hydrogen-bond donors (Lipinski definition) is 2. The van der Waals surface area contributed by atoms with Crippen molar-refractivity contribution in [2.75, 3.05) is 14.2 Å². The first-order chi connectivity index (χ1) is 11.3. The lowest BCUT2D eigenvalue weighted by Gasteiger charge is -2.18. The van der Waals surface area contributed by atoms with E-state index in [0.717, 1.165) is 10.9 Å². The van der Waals surface area contributed by atoms with Crippen molar-refractivity contribution in [3.05, 3.63) is 23.9 Å². The van der Waals surface area contributed by atoms with E-state index in [1.807, 2.05) is 0 Å². The average molecular weight is 334 g/mol. The molecule has 7 heteroatoms. The van der Waals surface area contributed by atoms with Crippen LogP contribution in [0.25, 0.3) is 10.9 Å². The molecule has 2 aromatic rings. The first-order valence-corrected chi connectivity index (χ1v) is 7.55. The molecule has 2 rings (SSSR count). The zero-order valence-electron chi connectivity index (χ0n) is 14.4. The molecule has 0 bridgehead atoms. The molecule has 7 nitrogen and oxygen atoms in total. The van der Waals surface area contributed by atoms with Crippen molar-refractivity contribution in [3.63, 3.8) is 0 Å². The van der Waals surface area contributed by atoms with Gasteiger partial charge in [-0.1, -0.05) is 13.8 Å². The van der Waals surface area contributed by atoms with Gasteiger partial charge in [-0.3, -0.25) is 4.79 Å². The topological polar surface area (TPSA) is 89.8 Å². The van der Waals surface area contributed by atoms with E-state index in [4.69, 9.17) is 9.47 Å². The van der Waals surface area contributed by atoms with E-state index in [9.17, 15) is 14.7 Å². The molecular weight excluding hydrogens is 312 g/mol. The first-order valence-electron chi connectivity index (χ1n) is 7.55. The summed E-state index contributed by atoms with van der Waals surface area (Å²) < 4.78 is 12.3. The third-order valence-corrected chi connectivity index (χ3v) is 4.01. The van der Waals surface area contributed by atoms with Crippen molar-refractivity contribution in [3.8, 4) is 11.5 Å². The highest BCUT2D eigenvalue weighted by molar-refractivity contribution is 6.02. The Morgan fingerprint density at radius 1 is 1.17 bits per heavy atom. The molecule has 1 atom stereocenters. The molecule has 0 saturated heterocycles. The van der Waals surface area contributed by atoms with Gasteiger partial charge in [0.05, 0.1) is 19.7 Å². The Hall–Kier alpha value is -2.70. The number of nitrogens with one attached hydrogen (secondary N) is 1. The van der Waals surface area contributed by atoms with Crippen LogP contribution in [0.15, 0.2) is 18.2 Å². The lowest BCUT2D eigenvalue weighted by atomic mass is 10.0. The molecule has 0 aliphatic rings. The Morgan fingerprint density at radius 2 is 1.83 bits per heavy atom. The Kier molecular flexibility index (Phi) is 5.02. The number of amides is 1. The highest BCUT2D eigenvalue weighted by atomic mass is 16.5. The van der Waals surface area contributed by atoms with Gasteiger partial charge in [0.1, 0.15) is 23.2 Å². The molecule has 2 N–H and O–H groups in total. The smallest absolute Gasteiger partial charge is 0.326 e. The van der Waals surface area contributed by atoms with Crippen molar-refractivity contribution in [1.29, 1.82) is 0 Å². The van der Waals surface area contributed by atoms with Gasteiger partial charge in [-0.2, -0.15) is 0 Å². The summed E-state index contributed by atoms with van der Waals surface area (Å²) in [4.78, 5) is 23.8. The number of nitrogens with zero attached hydrogens (tertiary/aromatic N) is 1. The fourth-order valence-electron chi connectivity index (χ4n) is 2.61. The molecule has 0 radical (unpaired) electrons. The number of aryl methyl sites for hydroxylation is 1. The Bertz CT molecular complexity index is 779. The van der Waals surface area contributed by atoms with E-state index < -0.39 is 17.9 Å². The molecule has 1 aromatic heterocycles. The molecule has 0 aliphatic heterocycles. The maximum absolute atomic E-state index is 12.5. The second kappa shape index (κ2) is 6.82. The van der Waals surface area contributed by atoms with Crippen molar-refractivity contribution >= 4 is 22.8 Å². The number of aliphatic carboxylic acids is 1. The van der Waals surface area contributed by atoms with Crippen molar-refractivity contribution in [2.45, 2.75) is 19.9 Å². The summed E-state index contributed by atoms with van der Waals surface area (Å²) in [6.45, 7) is 3.49. The maximum atomic E-state index is 12.5. The first kappa shape index (κ1) is 17.7. The fourth-order valence-corrected chi connectivity index (χ4v) is 2.61. The molecule has 0 saturated carbocycles. The predicted octanol–water partition coefficient (Wildman–Crippen LogP) is 2.03. The molecular formula is C17H22N2O5. The highest BCUT2D eigenvalue weighted by Gasteiger charge is 2.26. The van der Waals surface area contributed by atoms with Gasteiger partial charge in [-0.15, -0.1) is 0 Å². The number of carbonyl (C=O) groups is 2. The molecule has 1 aromatic carbocycles. The Balaban J connectivity index is 2.47. The summed E-state index contributed by atoms with van der Waals surface area (Å²) in [5, 5.41) is 12.6. The minimum atomic E-state index is -1.06. The van der Waals surface area contributed by atoms with E-state index >= 15 is 0 Å². The van der Waals surface area contributed by atoms with Gasteiger partial charge in [0.2, 0.25) is 0 Å². The summed E-state index contributed by atoms with van der Waals surface area (Å²) in [5.74, 6) is -0.543. The summed E-state index contributed by atoms with van der Waals surface area (Å²) in [6.07, 6.45) is 0. The van der Waals surface area contributed by atoms with Crippen LogP contribution in [0.3, 0.4) is 0 Å². The van der Waals surface area contributed by atoms with Crippen LogP contribution in [0.5, 0.6) is 11.5 Å². The standard InChI is InChI=1S/C17H22N2O5/c1-9(2)15(17(21)22)18-16(20)13-8-11-12(19(13)3)6-10(23-4)7-14(11)24-5/h6-9,15H,1-5H3,(H,18,20)(H,21,22)/t15-/m0/s1. The molecule has 0 fully saturated rings. The van der Waals surface area contributed by atoms with Gasteiger partial charge in [-0.25, -0.2) is 4.79 Å². The van der Waals surface area contributed by atoms with Crippen LogP contribution >= 0.6 is 0 Å². The molecule has 0 unspecified atom stereocenters. The molecule has 1 heterocycles. The molecule has 1 amide bonds. The van der Waals surface area contributed by atoms with Crippen LogP contribution in [0, 0.1) is 5.92 Å². The monoisotopic (exact) mass is 334 g/mol.